The molecule has 32 heavy (non-hydrogen) atoms. The largest absolute Gasteiger partial charge is 0.481 e. The number of nitrogens with zero attached hydrogens (tertiary/aromatic N) is 1. The molecule has 0 amide bonds. The lowest BCUT2D eigenvalue weighted by Gasteiger charge is -2.21. The number of aromatic nitrogens is 1. The van der Waals surface area contributed by atoms with Crippen LogP contribution in [0.15, 0.2) is 72.9 Å². The zero-order valence-electron chi connectivity index (χ0n) is 17.5. The van der Waals surface area contributed by atoms with Crippen LogP contribution in [0.5, 0.6) is 5.75 Å². The molecule has 0 aliphatic rings. The van der Waals surface area contributed by atoms with E-state index in [9.17, 15) is 14.4 Å². The Morgan fingerprint density at radius 1 is 0.906 bits per heavy atom. The minimum atomic E-state index is -1.33. The van der Waals surface area contributed by atoms with Gasteiger partial charge in [0.05, 0.1) is 12.1 Å². The van der Waals surface area contributed by atoms with E-state index >= 15 is 0 Å². The second-order valence-corrected chi connectivity index (χ2v) is 7.61. The van der Waals surface area contributed by atoms with Crippen LogP contribution in [-0.4, -0.2) is 38.5 Å². The van der Waals surface area contributed by atoms with Gasteiger partial charge >= 0.3 is 11.9 Å². The molecule has 7 nitrogen and oxygen atoms in total. The van der Waals surface area contributed by atoms with Crippen LogP contribution < -0.4 is 4.74 Å². The number of hydrogen-bond acceptors (Lipinski definition) is 5. The van der Waals surface area contributed by atoms with Crippen molar-refractivity contribution >= 4 is 29.3 Å². The summed E-state index contributed by atoms with van der Waals surface area (Å²) in [7, 11) is 0. The summed E-state index contributed by atoms with van der Waals surface area (Å²) in [6.45, 7) is 2.92. The summed E-state index contributed by atoms with van der Waals surface area (Å²) in [5, 5.41) is 17.9. The van der Waals surface area contributed by atoms with E-state index in [-0.39, 0.29) is 12.2 Å². The molecule has 0 aliphatic heterocycles. The van der Waals surface area contributed by atoms with Crippen LogP contribution in [0.4, 0.5) is 0 Å². The van der Waals surface area contributed by atoms with Crippen molar-refractivity contribution in [3.05, 3.63) is 94.8 Å². The Morgan fingerprint density at radius 2 is 1.47 bits per heavy atom. The van der Waals surface area contributed by atoms with E-state index in [1.165, 1.54) is 13.8 Å². The first-order valence-corrected chi connectivity index (χ1v) is 9.91. The zero-order valence-corrected chi connectivity index (χ0v) is 18.2. The lowest BCUT2D eigenvalue weighted by Crippen LogP contribution is -2.37. The third-order valence-corrected chi connectivity index (χ3v) is 4.42. The highest BCUT2D eigenvalue weighted by molar-refractivity contribution is 6.30. The van der Waals surface area contributed by atoms with Crippen molar-refractivity contribution in [2.75, 3.05) is 0 Å². The number of carboxylic acids is 2. The number of hydrogen-bond donors (Lipinski definition) is 2. The second-order valence-electron chi connectivity index (χ2n) is 7.17. The summed E-state index contributed by atoms with van der Waals surface area (Å²) >= 11 is 5.79. The van der Waals surface area contributed by atoms with Gasteiger partial charge in [-0.2, -0.15) is 0 Å². The Kier molecular flexibility index (Phi) is 8.49. The monoisotopic (exact) mass is 455 g/mol. The molecule has 0 atom stereocenters. The molecular weight excluding hydrogens is 434 g/mol. The SMILES string of the molecule is CC(C)(Oc1ccc(C(=O)c2ccc(Cl)cc2)cc1)C(=O)O.O=C(O)Cc1ccccn1. The molecule has 1 heterocycles. The van der Waals surface area contributed by atoms with Crippen LogP contribution >= 0.6 is 11.6 Å². The fourth-order valence-electron chi connectivity index (χ4n) is 2.44. The predicted molar refractivity (Wildman–Crippen MR) is 119 cm³/mol. The van der Waals surface area contributed by atoms with E-state index in [2.05, 4.69) is 4.98 Å². The second kappa shape index (κ2) is 11.1. The first-order chi connectivity index (χ1) is 15.1. The number of rotatable bonds is 7. The van der Waals surface area contributed by atoms with Crippen LogP contribution in [-0.2, 0) is 16.0 Å². The molecule has 0 saturated heterocycles. The maximum absolute atomic E-state index is 12.3. The van der Waals surface area contributed by atoms with Crippen molar-refractivity contribution in [3.8, 4) is 5.75 Å². The molecule has 0 radical (unpaired) electrons. The number of pyridine rings is 1. The smallest absolute Gasteiger partial charge is 0.347 e. The summed E-state index contributed by atoms with van der Waals surface area (Å²) in [5.41, 5.74) is 0.281. The van der Waals surface area contributed by atoms with Gasteiger partial charge in [0.2, 0.25) is 0 Å². The average molecular weight is 456 g/mol. The van der Waals surface area contributed by atoms with Gasteiger partial charge in [-0.15, -0.1) is 0 Å². The third-order valence-electron chi connectivity index (χ3n) is 4.17. The number of benzene rings is 2. The number of ketones is 1. The summed E-state index contributed by atoms with van der Waals surface area (Å²) in [6, 6.07) is 18.2. The molecule has 1 aromatic heterocycles. The van der Waals surface area contributed by atoms with Crippen molar-refractivity contribution in [1.82, 2.24) is 4.98 Å². The summed E-state index contributed by atoms with van der Waals surface area (Å²) in [4.78, 5) is 37.3. The van der Waals surface area contributed by atoms with Gasteiger partial charge in [-0.3, -0.25) is 14.6 Å². The zero-order chi connectivity index (χ0) is 23.7. The van der Waals surface area contributed by atoms with Crippen molar-refractivity contribution in [1.29, 1.82) is 0 Å². The summed E-state index contributed by atoms with van der Waals surface area (Å²) in [6.07, 6.45) is 1.58. The number of carboxylic acid groups (broad SMARTS) is 2. The molecule has 0 saturated carbocycles. The third kappa shape index (κ3) is 7.52. The quantitative estimate of drug-likeness (QED) is 0.503. The number of halogens is 1. The van der Waals surface area contributed by atoms with Crippen LogP contribution in [0.25, 0.3) is 0 Å². The van der Waals surface area contributed by atoms with Gasteiger partial charge in [-0.1, -0.05) is 17.7 Å². The molecule has 8 heteroatoms. The van der Waals surface area contributed by atoms with E-state index in [4.69, 9.17) is 26.6 Å². The highest BCUT2D eigenvalue weighted by Gasteiger charge is 2.29. The van der Waals surface area contributed by atoms with Crippen LogP contribution in [0.1, 0.15) is 35.5 Å². The van der Waals surface area contributed by atoms with Crippen molar-refractivity contribution in [2.45, 2.75) is 25.9 Å². The fourth-order valence-corrected chi connectivity index (χ4v) is 2.56. The lowest BCUT2D eigenvalue weighted by molar-refractivity contribution is -0.152. The van der Waals surface area contributed by atoms with Gasteiger partial charge in [0.15, 0.2) is 11.4 Å². The molecular formula is C24H22ClNO6. The first-order valence-electron chi connectivity index (χ1n) is 9.53. The van der Waals surface area contributed by atoms with Crippen molar-refractivity contribution in [2.24, 2.45) is 0 Å². The number of carbonyl (C=O) groups is 3. The van der Waals surface area contributed by atoms with Gasteiger partial charge in [0.1, 0.15) is 5.75 Å². The Labute approximate surface area is 190 Å². The van der Waals surface area contributed by atoms with Gasteiger partial charge in [0.25, 0.3) is 0 Å². The summed E-state index contributed by atoms with van der Waals surface area (Å²) < 4.78 is 5.39. The van der Waals surface area contributed by atoms with Gasteiger partial charge in [-0.25, -0.2) is 4.79 Å². The minimum Gasteiger partial charge on any atom is -0.481 e. The summed E-state index contributed by atoms with van der Waals surface area (Å²) in [5.74, 6) is -1.66. The fraction of sp³-hybridized carbons (Fsp3) is 0.167. The van der Waals surface area contributed by atoms with E-state index in [0.29, 0.717) is 27.6 Å². The van der Waals surface area contributed by atoms with E-state index in [1.807, 2.05) is 0 Å². The van der Waals surface area contributed by atoms with Crippen LogP contribution in [0, 0.1) is 0 Å². The molecule has 3 rings (SSSR count). The van der Waals surface area contributed by atoms with E-state index < -0.39 is 17.5 Å². The minimum absolute atomic E-state index is 0.000833. The van der Waals surface area contributed by atoms with E-state index in [1.54, 1.807) is 72.9 Å². The average Bonchev–Trinajstić information content (AvgIpc) is 2.75. The molecule has 2 N–H and O–H groups in total. The number of carbonyl (C=O) groups excluding carboxylic acids is 1. The van der Waals surface area contributed by atoms with Gasteiger partial charge in [0, 0.05) is 22.3 Å². The number of ether oxygens (including phenoxy) is 1. The molecule has 0 aliphatic carbocycles. The first kappa shape index (κ1) is 24.6. The normalized spacial score (nSPS) is 10.5. The van der Waals surface area contributed by atoms with Crippen molar-refractivity contribution in [3.63, 3.8) is 0 Å². The van der Waals surface area contributed by atoms with Gasteiger partial charge in [-0.05, 0) is 74.5 Å². The number of aliphatic carboxylic acids is 2. The predicted octanol–water partition coefficient (Wildman–Crippen LogP) is 4.52. The molecule has 3 aromatic rings. The Bertz CT molecular complexity index is 1060. The lowest BCUT2D eigenvalue weighted by atomic mass is 10.0. The standard InChI is InChI=1S/C17H15ClO4.C7H7NO2/c1-17(2,16(20)21)22-14-9-5-12(6-10-14)15(19)11-3-7-13(18)8-4-11;9-7(10)5-6-3-1-2-4-8-6/h3-10H,1-2H3,(H,20,21);1-4H,5H2,(H,9,10). The molecule has 0 spiro atoms. The maximum Gasteiger partial charge on any atom is 0.347 e. The van der Waals surface area contributed by atoms with Crippen LogP contribution in [0.3, 0.4) is 0 Å². The molecule has 166 valence electrons. The highest BCUT2D eigenvalue weighted by atomic mass is 35.5. The Hall–Kier alpha value is -3.71. The highest BCUT2D eigenvalue weighted by Crippen LogP contribution is 2.21. The van der Waals surface area contributed by atoms with E-state index in [0.717, 1.165) is 0 Å². The topological polar surface area (TPSA) is 114 Å². The van der Waals surface area contributed by atoms with Gasteiger partial charge < -0.3 is 14.9 Å². The molecule has 2 aromatic carbocycles. The van der Waals surface area contributed by atoms with Crippen LogP contribution in [0.2, 0.25) is 5.02 Å². The maximum atomic E-state index is 12.3. The molecule has 0 unspecified atom stereocenters. The molecule has 0 fully saturated rings. The Morgan fingerprint density at radius 3 is 1.94 bits per heavy atom. The molecule has 0 bridgehead atoms. The van der Waals surface area contributed by atoms with Crippen molar-refractivity contribution < 1.29 is 29.3 Å². The Balaban J connectivity index is 0.000000303.